The molecule has 35 heavy (non-hydrogen) atoms. The van der Waals surface area contributed by atoms with Crippen molar-refractivity contribution in [3.8, 4) is 0 Å². The molecule has 9 heteroatoms. The van der Waals surface area contributed by atoms with Crippen LogP contribution in [0.2, 0.25) is 0 Å². The fraction of sp³-hybridized carbons (Fsp3) is 0.308. The summed E-state index contributed by atoms with van der Waals surface area (Å²) in [5.41, 5.74) is 3.46. The van der Waals surface area contributed by atoms with Crippen molar-refractivity contribution in [2.24, 2.45) is 7.05 Å². The molecule has 4 rings (SSSR count). The number of anilines is 2. The number of carbonyl (C=O) groups is 2. The molecule has 2 amide bonds. The second-order valence-corrected chi connectivity index (χ2v) is 9.51. The van der Waals surface area contributed by atoms with E-state index >= 15 is 0 Å². The van der Waals surface area contributed by atoms with Gasteiger partial charge in [0.2, 0.25) is 5.91 Å². The van der Waals surface area contributed by atoms with E-state index in [4.69, 9.17) is 0 Å². The number of benzene rings is 2. The summed E-state index contributed by atoms with van der Waals surface area (Å²) in [4.78, 5) is 46.6. The Bertz CT molecular complexity index is 1280. The van der Waals surface area contributed by atoms with Gasteiger partial charge in [0, 0.05) is 50.8 Å². The normalized spacial score (nSPS) is 13.6. The van der Waals surface area contributed by atoms with Crippen molar-refractivity contribution >= 4 is 35.0 Å². The second kappa shape index (κ2) is 10.8. The summed E-state index contributed by atoms with van der Waals surface area (Å²) in [6.45, 7) is 6.81. The van der Waals surface area contributed by atoms with Gasteiger partial charge in [-0.3, -0.25) is 19.0 Å². The zero-order valence-corrected chi connectivity index (χ0v) is 21.0. The molecule has 2 heterocycles. The number of thioether (sulfide) groups is 1. The summed E-state index contributed by atoms with van der Waals surface area (Å²) in [7, 11) is 1.56. The van der Waals surface area contributed by atoms with Gasteiger partial charge in [0.1, 0.15) is 5.56 Å². The number of carbonyl (C=O) groups excluding carboxylic acids is 2. The van der Waals surface area contributed by atoms with Crippen LogP contribution in [-0.2, 0) is 11.8 Å². The molecule has 0 atom stereocenters. The van der Waals surface area contributed by atoms with Crippen LogP contribution in [0.1, 0.15) is 21.5 Å². The molecule has 1 aliphatic heterocycles. The number of rotatable bonds is 6. The molecular weight excluding hydrogens is 462 g/mol. The van der Waals surface area contributed by atoms with E-state index in [-0.39, 0.29) is 17.2 Å². The van der Waals surface area contributed by atoms with E-state index in [0.29, 0.717) is 23.9 Å². The van der Waals surface area contributed by atoms with Gasteiger partial charge in [0.05, 0.1) is 5.75 Å². The van der Waals surface area contributed by atoms with Crippen LogP contribution in [0.3, 0.4) is 0 Å². The first-order valence-corrected chi connectivity index (χ1v) is 12.5. The number of aromatic nitrogens is 2. The van der Waals surface area contributed by atoms with Gasteiger partial charge in [-0.05, 0) is 49.2 Å². The largest absolute Gasteiger partial charge is 0.368 e. The first-order valence-electron chi connectivity index (χ1n) is 11.5. The van der Waals surface area contributed by atoms with Gasteiger partial charge in [-0.1, -0.05) is 36.0 Å². The van der Waals surface area contributed by atoms with Crippen molar-refractivity contribution in [3.63, 3.8) is 0 Å². The van der Waals surface area contributed by atoms with Gasteiger partial charge in [-0.2, -0.15) is 0 Å². The zero-order valence-electron chi connectivity index (χ0n) is 20.2. The Morgan fingerprint density at radius 2 is 1.71 bits per heavy atom. The van der Waals surface area contributed by atoms with E-state index in [1.54, 1.807) is 13.1 Å². The highest BCUT2D eigenvalue weighted by atomic mass is 32.2. The SMILES string of the molecule is Cc1ccc(NC(=O)c2cnc(SCC(=O)N3CCN(c4ccccc4)CC3)n(C)c2=O)cc1C. The van der Waals surface area contributed by atoms with E-state index in [2.05, 4.69) is 27.3 Å². The number of aryl methyl sites for hydroxylation is 2. The summed E-state index contributed by atoms with van der Waals surface area (Å²) in [5, 5.41) is 3.16. The standard InChI is InChI=1S/C26H29N5O3S/c1-18-9-10-20(15-19(18)2)28-24(33)22-16-27-26(29(3)25(22)34)35-17-23(32)31-13-11-30(12-14-31)21-7-5-4-6-8-21/h4-10,15-16H,11-14,17H2,1-3H3,(H,28,33). The average Bonchev–Trinajstić information content (AvgIpc) is 2.87. The van der Waals surface area contributed by atoms with Crippen LogP contribution in [0.4, 0.5) is 11.4 Å². The van der Waals surface area contributed by atoms with Gasteiger partial charge < -0.3 is 15.1 Å². The van der Waals surface area contributed by atoms with Gasteiger partial charge in [0.25, 0.3) is 11.5 Å². The monoisotopic (exact) mass is 491 g/mol. The highest BCUT2D eigenvalue weighted by molar-refractivity contribution is 7.99. The van der Waals surface area contributed by atoms with Crippen LogP contribution in [0.5, 0.6) is 0 Å². The maximum absolute atomic E-state index is 12.8. The molecular formula is C26H29N5O3S. The third-order valence-corrected chi connectivity index (χ3v) is 7.24. The molecule has 1 saturated heterocycles. The van der Waals surface area contributed by atoms with Crippen LogP contribution in [0.15, 0.2) is 64.7 Å². The van der Waals surface area contributed by atoms with Crippen molar-refractivity contribution < 1.29 is 9.59 Å². The highest BCUT2D eigenvalue weighted by Crippen LogP contribution is 2.19. The van der Waals surface area contributed by atoms with Gasteiger partial charge >= 0.3 is 0 Å². The second-order valence-electron chi connectivity index (χ2n) is 8.56. The lowest BCUT2D eigenvalue weighted by Crippen LogP contribution is -2.49. The third-order valence-electron chi connectivity index (χ3n) is 6.21. The van der Waals surface area contributed by atoms with Crippen LogP contribution in [0.25, 0.3) is 0 Å². The Kier molecular flexibility index (Phi) is 7.55. The molecule has 0 bridgehead atoms. The van der Waals surface area contributed by atoms with E-state index in [0.717, 1.165) is 29.9 Å². The molecule has 1 fully saturated rings. The predicted octanol–water partition coefficient (Wildman–Crippen LogP) is 3.09. The number of nitrogens with one attached hydrogen (secondary N) is 1. The Morgan fingerprint density at radius 1 is 1.00 bits per heavy atom. The van der Waals surface area contributed by atoms with E-state index < -0.39 is 11.5 Å². The van der Waals surface area contributed by atoms with E-state index in [1.807, 2.05) is 49.1 Å². The fourth-order valence-electron chi connectivity index (χ4n) is 3.91. The Labute approximate surface area is 209 Å². The quantitative estimate of drug-likeness (QED) is 0.421. The summed E-state index contributed by atoms with van der Waals surface area (Å²) >= 11 is 1.20. The lowest BCUT2D eigenvalue weighted by Gasteiger charge is -2.36. The molecule has 0 aliphatic carbocycles. The Hall–Kier alpha value is -3.59. The topological polar surface area (TPSA) is 87.5 Å². The summed E-state index contributed by atoms with van der Waals surface area (Å²) in [5.74, 6) is -0.321. The van der Waals surface area contributed by atoms with Crippen molar-refractivity contribution in [1.29, 1.82) is 0 Å². The van der Waals surface area contributed by atoms with Crippen molar-refractivity contribution in [2.45, 2.75) is 19.0 Å². The Morgan fingerprint density at radius 3 is 2.40 bits per heavy atom. The molecule has 0 spiro atoms. The predicted molar refractivity (Wildman–Crippen MR) is 139 cm³/mol. The maximum Gasteiger partial charge on any atom is 0.266 e. The lowest BCUT2D eigenvalue weighted by atomic mass is 10.1. The van der Waals surface area contributed by atoms with E-state index in [9.17, 15) is 14.4 Å². The molecule has 1 N–H and O–H groups in total. The number of amides is 2. The summed E-state index contributed by atoms with van der Waals surface area (Å²) < 4.78 is 1.32. The number of hydrogen-bond donors (Lipinski definition) is 1. The minimum Gasteiger partial charge on any atom is -0.368 e. The molecule has 1 aliphatic rings. The lowest BCUT2D eigenvalue weighted by molar-refractivity contribution is -0.128. The molecule has 1 aromatic heterocycles. The molecule has 0 unspecified atom stereocenters. The van der Waals surface area contributed by atoms with Crippen molar-refractivity contribution in [1.82, 2.24) is 14.5 Å². The smallest absolute Gasteiger partial charge is 0.266 e. The van der Waals surface area contributed by atoms with Crippen LogP contribution < -0.4 is 15.8 Å². The molecule has 8 nitrogen and oxygen atoms in total. The van der Waals surface area contributed by atoms with Gasteiger partial charge in [-0.25, -0.2) is 4.98 Å². The summed E-state index contributed by atoms with van der Waals surface area (Å²) in [6, 6.07) is 15.7. The average molecular weight is 492 g/mol. The minimum absolute atomic E-state index is 0.00789. The molecule has 0 saturated carbocycles. The third kappa shape index (κ3) is 5.74. The van der Waals surface area contributed by atoms with Crippen molar-refractivity contribution in [2.75, 3.05) is 42.1 Å². The molecule has 3 aromatic rings. The molecule has 2 aromatic carbocycles. The van der Waals surface area contributed by atoms with Crippen LogP contribution in [-0.4, -0.2) is 58.2 Å². The molecule has 0 radical (unpaired) electrons. The van der Waals surface area contributed by atoms with Crippen LogP contribution in [0, 0.1) is 13.8 Å². The van der Waals surface area contributed by atoms with Crippen LogP contribution >= 0.6 is 11.8 Å². The fourth-order valence-corrected chi connectivity index (χ4v) is 4.75. The number of para-hydroxylation sites is 1. The van der Waals surface area contributed by atoms with Crippen molar-refractivity contribution in [3.05, 3.63) is 81.8 Å². The summed E-state index contributed by atoms with van der Waals surface area (Å²) in [6.07, 6.45) is 1.28. The van der Waals surface area contributed by atoms with Gasteiger partial charge in [-0.15, -0.1) is 0 Å². The number of piperazine rings is 1. The number of nitrogens with zero attached hydrogens (tertiary/aromatic N) is 4. The first kappa shape index (κ1) is 24.5. The van der Waals surface area contributed by atoms with Gasteiger partial charge in [0.15, 0.2) is 5.16 Å². The maximum atomic E-state index is 12.8. The first-order chi connectivity index (χ1) is 16.8. The number of hydrogen-bond acceptors (Lipinski definition) is 6. The molecule has 182 valence electrons. The van der Waals surface area contributed by atoms with E-state index in [1.165, 1.54) is 22.5 Å². The highest BCUT2D eigenvalue weighted by Gasteiger charge is 2.22. The zero-order chi connectivity index (χ0) is 24.9. The minimum atomic E-state index is -0.509. The Balaban J connectivity index is 1.34.